The van der Waals surface area contributed by atoms with Crippen molar-refractivity contribution in [2.24, 2.45) is 0 Å². The topological polar surface area (TPSA) is 53.1 Å². The van der Waals surface area contributed by atoms with Crippen LogP contribution in [0.4, 0.5) is 0 Å². The number of aromatic nitrogens is 1. The van der Waals surface area contributed by atoms with Crippen LogP contribution in [0, 0.1) is 6.92 Å². The molecule has 2 N–H and O–H groups in total. The number of hydrogen-bond acceptors (Lipinski definition) is 1. The lowest BCUT2D eigenvalue weighted by Gasteiger charge is -2.15. The Morgan fingerprint density at radius 1 is 1.50 bits per heavy atom. The van der Waals surface area contributed by atoms with E-state index in [2.05, 4.69) is 4.98 Å². The highest BCUT2D eigenvalue weighted by molar-refractivity contribution is 6.36. The Labute approximate surface area is 110 Å². The molecule has 94 valence electrons. The predicted molar refractivity (Wildman–Crippen MR) is 71.2 cm³/mol. The van der Waals surface area contributed by atoms with E-state index in [1.165, 1.54) is 0 Å². The molecule has 1 aromatic heterocycles. The maximum Gasteiger partial charge on any atom is 0.304 e. The number of aliphatic carboxylic acids is 1. The van der Waals surface area contributed by atoms with E-state index >= 15 is 0 Å². The molecule has 2 aromatic rings. The van der Waals surface area contributed by atoms with Gasteiger partial charge in [-0.1, -0.05) is 17.7 Å². The van der Waals surface area contributed by atoms with Crippen LogP contribution in [0.3, 0.4) is 0 Å². The van der Waals surface area contributed by atoms with Gasteiger partial charge in [0.25, 0.3) is 0 Å². The van der Waals surface area contributed by atoms with Gasteiger partial charge in [-0.15, -0.1) is 0 Å². The van der Waals surface area contributed by atoms with Crippen LogP contribution in [0.5, 0.6) is 0 Å². The molecule has 0 atom stereocenters. The molecule has 3 rings (SSSR count). The third kappa shape index (κ3) is 1.70. The molecule has 0 bridgehead atoms. The number of carboxylic acids is 1. The molecule has 3 nitrogen and oxygen atoms in total. The fraction of sp³-hybridized carbons (Fsp3) is 0.357. The van der Waals surface area contributed by atoms with Gasteiger partial charge in [-0.05, 0) is 37.5 Å². The molecule has 0 unspecified atom stereocenters. The Morgan fingerprint density at radius 3 is 2.83 bits per heavy atom. The zero-order chi connectivity index (χ0) is 12.9. The minimum Gasteiger partial charge on any atom is -0.481 e. The monoisotopic (exact) mass is 263 g/mol. The van der Waals surface area contributed by atoms with Crippen LogP contribution in [0.2, 0.25) is 5.02 Å². The summed E-state index contributed by atoms with van der Waals surface area (Å²) in [6, 6.07) is 5.97. The largest absolute Gasteiger partial charge is 0.481 e. The fourth-order valence-electron chi connectivity index (χ4n) is 2.70. The summed E-state index contributed by atoms with van der Waals surface area (Å²) in [7, 11) is 0. The van der Waals surface area contributed by atoms with Crippen LogP contribution in [0.25, 0.3) is 10.9 Å². The van der Waals surface area contributed by atoms with Crippen molar-refractivity contribution < 1.29 is 9.90 Å². The molecule has 0 amide bonds. The minimum atomic E-state index is -0.756. The van der Waals surface area contributed by atoms with Crippen molar-refractivity contribution in [1.82, 2.24) is 4.98 Å². The average Bonchev–Trinajstić information content (AvgIpc) is 2.92. The Balaban J connectivity index is 2.12. The molecule has 1 saturated carbocycles. The minimum absolute atomic E-state index is 0.168. The second-order valence-corrected chi connectivity index (χ2v) is 5.57. The van der Waals surface area contributed by atoms with Gasteiger partial charge in [-0.2, -0.15) is 0 Å². The lowest BCUT2D eigenvalue weighted by atomic mass is 9.91. The van der Waals surface area contributed by atoms with E-state index in [0.717, 1.165) is 35.0 Å². The standard InChI is InChI=1S/C14H14ClNO2/c1-8-6-9-11(16-8)3-2-10(13(9)15)14(4-5-14)7-12(17)18/h2-3,6,16H,4-5,7H2,1H3,(H,17,18). The normalized spacial score (nSPS) is 17.0. The van der Waals surface area contributed by atoms with Gasteiger partial charge < -0.3 is 10.1 Å². The molecule has 1 fully saturated rings. The van der Waals surface area contributed by atoms with E-state index in [4.69, 9.17) is 16.7 Å². The highest BCUT2D eigenvalue weighted by Gasteiger charge is 2.47. The molecule has 0 spiro atoms. The number of carbonyl (C=O) groups is 1. The van der Waals surface area contributed by atoms with Gasteiger partial charge in [0.2, 0.25) is 0 Å². The molecule has 0 aliphatic heterocycles. The zero-order valence-corrected chi connectivity index (χ0v) is 10.8. The van der Waals surface area contributed by atoms with Gasteiger partial charge in [-0.25, -0.2) is 0 Å². The van der Waals surface area contributed by atoms with Crippen LogP contribution in [-0.4, -0.2) is 16.1 Å². The van der Waals surface area contributed by atoms with E-state index in [-0.39, 0.29) is 11.8 Å². The zero-order valence-electron chi connectivity index (χ0n) is 10.1. The second-order valence-electron chi connectivity index (χ2n) is 5.19. The smallest absolute Gasteiger partial charge is 0.304 e. The number of aryl methyl sites for hydroxylation is 1. The molecule has 1 aliphatic carbocycles. The summed E-state index contributed by atoms with van der Waals surface area (Å²) in [5, 5.41) is 10.7. The van der Waals surface area contributed by atoms with E-state index in [9.17, 15) is 4.79 Å². The maximum atomic E-state index is 11.0. The molecular weight excluding hydrogens is 250 g/mol. The van der Waals surface area contributed by atoms with Crippen molar-refractivity contribution in [2.45, 2.75) is 31.6 Å². The third-order valence-corrected chi connectivity index (χ3v) is 4.19. The van der Waals surface area contributed by atoms with E-state index in [0.29, 0.717) is 5.02 Å². The third-order valence-electron chi connectivity index (χ3n) is 3.79. The predicted octanol–water partition coefficient (Wildman–Crippen LogP) is 3.64. The van der Waals surface area contributed by atoms with Crippen molar-refractivity contribution >= 4 is 28.5 Å². The number of carboxylic acid groups (broad SMARTS) is 1. The number of nitrogens with one attached hydrogen (secondary N) is 1. The molecule has 1 aliphatic rings. The van der Waals surface area contributed by atoms with Gasteiger partial charge in [0.1, 0.15) is 0 Å². The van der Waals surface area contributed by atoms with E-state index < -0.39 is 5.97 Å². The number of fused-ring (bicyclic) bond motifs is 1. The molecule has 0 radical (unpaired) electrons. The van der Waals surface area contributed by atoms with Gasteiger partial charge >= 0.3 is 5.97 Å². The summed E-state index contributed by atoms with van der Waals surface area (Å²) < 4.78 is 0. The van der Waals surface area contributed by atoms with Gasteiger partial charge in [-0.3, -0.25) is 4.79 Å². The Kier molecular flexibility index (Phi) is 2.42. The van der Waals surface area contributed by atoms with Crippen LogP contribution in [0.1, 0.15) is 30.5 Å². The summed E-state index contributed by atoms with van der Waals surface area (Å²) in [6.45, 7) is 1.99. The van der Waals surface area contributed by atoms with Gasteiger partial charge in [0.05, 0.1) is 11.4 Å². The van der Waals surface area contributed by atoms with Crippen molar-refractivity contribution in [3.05, 3.63) is 34.5 Å². The highest BCUT2D eigenvalue weighted by Crippen LogP contribution is 2.54. The second kappa shape index (κ2) is 3.75. The quantitative estimate of drug-likeness (QED) is 0.888. The lowest BCUT2D eigenvalue weighted by molar-refractivity contribution is -0.137. The van der Waals surface area contributed by atoms with Crippen LogP contribution >= 0.6 is 11.6 Å². The molecule has 1 heterocycles. The molecule has 18 heavy (non-hydrogen) atoms. The number of aromatic amines is 1. The first-order valence-electron chi connectivity index (χ1n) is 6.02. The van der Waals surface area contributed by atoms with Crippen LogP contribution < -0.4 is 0 Å². The van der Waals surface area contributed by atoms with Gasteiger partial charge in [0.15, 0.2) is 0 Å². The maximum absolute atomic E-state index is 11.0. The van der Waals surface area contributed by atoms with Crippen molar-refractivity contribution in [2.75, 3.05) is 0 Å². The first-order chi connectivity index (χ1) is 8.52. The number of rotatable bonds is 3. The SMILES string of the molecule is Cc1cc2c(Cl)c(C3(CC(=O)O)CC3)ccc2[nH]1. The van der Waals surface area contributed by atoms with Crippen LogP contribution in [-0.2, 0) is 10.2 Å². The van der Waals surface area contributed by atoms with E-state index in [1.54, 1.807) is 0 Å². The summed E-state index contributed by atoms with van der Waals surface area (Å²) in [5.74, 6) is -0.756. The van der Waals surface area contributed by atoms with Crippen LogP contribution in [0.15, 0.2) is 18.2 Å². The summed E-state index contributed by atoms with van der Waals surface area (Å²) in [6.07, 6.45) is 1.99. The number of halogens is 1. The van der Waals surface area contributed by atoms with Crippen molar-refractivity contribution in [3.8, 4) is 0 Å². The Bertz CT molecular complexity index is 641. The van der Waals surface area contributed by atoms with E-state index in [1.807, 2.05) is 25.1 Å². The van der Waals surface area contributed by atoms with Crippen molar-refractivity contribution in [1.29, 1.82) is 0 Å². The molecule has 0 saturated heterocycles. The summed E-state index contributed by atoms with van der Waals surface area (Å²) in [4.78, 5) is 14.2. The number of hydrogen-bond donors (Lipinski definition) is 2. The molecule has 4 heteroatoms. The van der Waals surface area contributed by atoms with Crippen molar-refractivity contribution in [3.63, 3.8) is 0 Å². The average molecular weight is 264 g/mol. The highest BCUT2D eigenvalue weighted by atomic mass is 35.5. The Morgan fingerprint density at radius 2 is 2.22 bits per heavy atom. The Hall–Kier alpha value is -1.48. The first-order valence-corrected chi connectivity index (χ1v) is 6.40. The number of H-pyrrole nitrogens is 1. The molecule has 1 aromatic carbocycles. The lowest BCUT2D eigenvalue weighted by Crippen LogP contribution is -2.13. The van der Waals surface area contributed by atoms with Gasteiger partial charge in [0, 0.05) is 22.0 Å². The summed E-state index contributed by atoms with van der Waals surface area (Å²) >= 11 is 6.45. The fourth-order valence-corrected chi connectivity index (χ4v) is 3.12. The first kappa shape index (κ1) is 11.6. The molecular formula is C14H14ClNO2. The summed E-state index contributed by atoms with van der Waals surface area (Å²) in [5.41, 5.74) is 2.82. The number of benzene rings is 1.